The molecule has 3 heteroatoms. The smallest absolute Gasteiger partial charge is 0.317 e. The van der Waals surface area contributed by atoms with Crippen molar-refractivity contribution in [3.05, 3.63) is 0 Å². The van der Waals surface area contributed by atoms with Crippen LogP contribution in [-0.2, 0) is 14.3 Å². The highest BCUT2D eigenvalue weighted by molar-refractivity contribution is 5.96. The molecule has 1 saturated heterocycles. The van der Waals surface area contributed by atoms with Gasteiger partial charge in [0.15, 0.2) is 0 Å². The van der Waals surface area contributed by atoms with E-state index in [1.165, 1.54) is 0 Å². The van der Waals surface area contributed by atoms with Crippen molar-refractivity contribution in [1.29, 1.82) is 0 Å². The molecule has 1 rings (SSSR count). The first-order valence-electron chi connectivity index (χ1n) is 5.19. The molecule has 80 valence electrons. The summed E-state index contributed by atoms with van der Waals surface area (Å²) in [6, 6.07) is 0. The number of hydrogen-bond donors (Lipinski definition) is 0. The minimum absolute atomic E-state index is 0.178. The molecule has 1 fully saturated rings. The monoisotopic (exact) mass is 198 g/mol. The largest absolute Gasteiger partial charge is 0.393 e. The Hall–Kier alpha value is -0.860. The van der Waals surface area contributed by atoms with Crippen molar-refractivity contribution in [3.63, 3.8) is 0 Å². The molecule has 0 aromatic rings. The van der Waals surface area contributed by atoms with E-state index in [0.717, 1.165) is 6.42 Å². The lowest BCUT2D eigenvalue weighted by Crippen LogP contribution is -2.24. The number of ether oxygens (including phenoxy) is 1. The second-order valence-corrected chi connectivity index (χ2v) is 4.75. The first kappa shape index (κ1) is 11.2. The summed E-state index contributed by atoms with van der Waals surface area (Å²) < 4.78 is 4.67. The highest BCUT2D eigenvalue weighted by Crippen LogP contribution is 2.34. The SMILES string of the molecule is CC(C)CC1C(=O)OC(=O)[C@@H]1C(C)C. The van der Waals surface area contributed by atoms with Crippen LogP contribution in [-0.4, -0.2) is 11.9 Å². The van der Waals surface area contributed by atoms with Gasteiger partial charge in [0.05, 0.1) is 11.8 Å². The molecular formula is C11H18O3. The molecule has 1 heterocycles. The fraction of sp³-hybridized carbons (Fsp3) is 0.818. The number of carbonyl (C=O) groups is 2. The second kappa shape index (κ2) is 4.11. The topological polar surface area (TPSA) is 43.4 Å². The van der Waals surface area contributed by atoms with E-state index < -0.39 is 0 Å². The lowest BCUT2D eigenvalue weighted by Gasteiger charge is -2.18. The maximum Gasteiger partial charge on any atom is 0.317 e. The van der Waals surface area contributed by atoms with Gasteiger partial charge < -0.3 is 4.74 Å². The van der Waals surface area contributed by atoms with Crippen LogP contribution in [0.4, 0.5) is 0 Å². The van der Waals surface area contributed by atoms with Gasteiger partial charge in [-0.15, -0.1) is 0 Å². The first-order valence-corrected chi connectivity index (χ1v) is 5.19. The molecule has 0 bridgehead atoms. The molecule has 0 aromatic heterocycles. The first-order chi connectivity index (χ1) is 6.43. The van der Waals surface area contributed by atoms with E-state index in [2.05, 4.69) is 4.74 Å². The van der Waals surface area contributed by atoms with Crippen molar-refractivity contribution in [1.82, 2.24) is 0 Å². The Balaban J connectivity index is 2.78. The van der Waals surface area contributed by atoms with E-state index in [9.17, 15) is 9.59 Å². The predicted octanol–water partition coefficient (Wildman–Crippen LogP) is 2.00. The van der Waals surface area contributed by atoms with Crippen LogP contribution in [0.3, 0.4) is 0 Å². The van der Waals surface area contributed by atoms with Crippen LogP contribution in [0, 0.1) is 23.7 Å². The number of hydrogen-bond acceptors (Lipinski definition) is 3. The van der Waals surface area contributed by atoms with Gasteiger partial charge in [0.1, 0.15) is 0 Å². The summed E-state index contributed by atoms with van der Waals surface area (Å²) in [6.45, 7) is 8.01. The molecular weight excluding hydrogens is 180 g/mol. The minimum Gasteiger partial charge on any atom is -0.393 e. The quantitative estimate of drug-likeness (QED) is 0.514. The molecule has 2 atom stereocenters. The van der Waals surface area contributed by atoms with Crippen LogP contribution in [0.25, 0.3) is 0 Å². The van der Waals surface area contributed by atoms with E-state index in [0.29, 0.717) is 5.92 Å². The molecule has 0 N–H and O–H groups in total. The van der Waals surface area contributed by atoms with Crippen LogP contribution in [0.1, 0.15) is 34.1 Å². The summed E-state index contributed by atoms with van der Waals surface area (Å²) >= 11 is 0. The lowest BCUT2D eigenvalue weighted by atomic mass is 9.81. The van der Waals surface area contributed by atoms with Crippen LogP contribution < -0.4 is 0 Å². The van der Waals surface area contributed by atoms with E-state index in [-0.39, 0.29) is 29.7 Å². The van der Waals surface area contributed by atoms with Gasteiger partial charge in [0.2, 0.25) is 0 Å². The van der Waals surface area contributed by atoms with E-state index >= 15 is 0 Å². The molecule has 0 amide bonds. The van der Waals surface area contributed by atoms with Gasteiger partial charge in [0.25, 0.3) is 0 Å². The summed E-state index contributed by atoms with van der Waals surface area (Å²) in [7, 11) is 0. The van der Waals surface area contributed by atoms with Gasteiger partial charge >= 0.3 is 11.9 Å². The molecule has 0 aliphatic carbocycles. The lowest BCUT2D eigenvalue weighted by molar-refractivity contribution is -0.154. The Morgan fingerprint density at radius 3 is 2.14 bits per heavy atom. The Kier molecular flexibility index (Phi) is 3.29. The summed E-state index contributed by atoms with van der Waals surface area (Å²) in [5.41, 5.74) is 0. The van der Waals surface area contributed by atoms with E-state index in [4.69, 9.17) is 0 Å². The highest BCUT2D eigenvalue weighted by atomic mass is 16.6. The number of rotatable bonds is 3. The van der Waals surface area contributed by atoms with Gasteiger partial charge in [-0.25, -0.2) is 0 Å². The number of cyclic esters (lactones) is 2. The van der Waals surface area contributed by atoms with Gasteiger partial charge in [-0.3, -0.25) is 9.59 Å². The van der Waals surface area contributed by atoms with Gasteiger partial charge in [-0.2, -0.15) is 0 Å². The summed E-state index contributed by atoms with van der Waals surface area (Å²) in [5, 5.41) is 0. The summed E-state index contributed by atoms with van der Waals surface area (Å²) in [4.78, 5) is 22.8. The van der Waals surface area contributed by atoms with Crippen molar-refractivity contribution in [2.24, 2.45) is 23.7 Å². The average molecular weight is 198 g/mol. The Morgan fingerprint density at radius 1 is 1.14 bits per heavy atom. The molecule has 1 aliphatic rings. The Morgan fingerprint density at radius 2 is 1.71 bits per heavy atom. The predicted molar refractivity (Wildman–Crippen MR) is 52.4 cm³/mol. The van der Waals surface area contributed by atoms with Crippen molar-refractivity contribution in [2.75, 3.05) is 0 Å². The van der Waals surface area contributed by atoms with Crippen molar-refractivity contribution in [2.45, 2.75) is 34.1 Å². The summed E-state index contributed by atoms with van der Waals surface area (Å²) in [6.07, 6.45) is 0.743. The average Bonchev–Trinajstić information content (AvgIpc) is 2.25. The number of carbonyl (C=O) groups excluding carboxylic acids is 2. The highest BCUT2D eigenvalue weighted by Gasteiger charge is 2.45. The third-order valence-corrected chi connectivity index (χ3v) is 2.65. The maximum atomic E-state index is 11.4. The van der Waals surface area contributed by atoms with Gasteiger partial charge in [-0.05, 0) is 18.3 Å². The molecule has 0 radical (unpaired) electrons. The van der Waals surface area contributed by atoms with Crippen molar-refractivity contribution < 1.29 is 14.3 Å². The third-order valence-electron chi connectivity index (χ3n) is 2.65. The van der Waals surface area contributed by atoms with Gasteiger partial charge in [0, 0.05) is 0 Å². The zero-order valence-electron chi connectivity index (χ0n) is 9.24. The molecule has 0 spiro atoms. The zero-order chi connectivity index (χ0) is 10.9. The molecule has 1 aliphatic heterocycles. The van der Waals surface area contributed by atoms with Gasteiger partial charge in [-0.1, -0.05) is 27.7 Å². The van der Waals surface area contributed by atoms with Crippen molar-refractivity contribution in [3.8, 4) is 0 Å². The fourth-order valence-corrected chi connectivity index (χ4v) is 2.04. The Labute approximate surface area is 84.8 Å². The normalized spacial score (nSPS) is 27.6. The third kappa shape index (κ3) is 2.14. The molecule has 0 aromatic carbocycles. The van der Waals surface area contributed by atoms with Crippen LogP contribution >= 0.6 is 0 Å². The number of esters is 2. The molecule has 0 saturated carbocycles. The maximum absolute atomic E-state index is 11.4. The standard InChI is InChI=1S/C11H18O3/c1-6(2)5-8-9(7(3)4)11(13)14-10(8)12/h6-9H,5H2,1-4H3/t8?,9-/m1/s1. The molecule has 14 heavy (non-hydrogen) atoms. The minimum atomic E-state index is -0.337. The van der Waals surface area contributed by atoms with Crippen LogP contribution in [0.5, 0.6) is 0 Å². The Bertz CT molecular complexity index is 243. The zero-order valence-corrected chi connectivity index (χ0v) is 9.24. The van der Waals surface area contributed by atoms with E-state index in [1.54, 1.807) is 0 Å². The fourth-order valence-electron chi connectivity index (χ4n) is 2.04. The molecule has 3 nitrogen and oxygen atoms in total. The second-order valence-electron chi connectivity index (χ2n) is 4.75. The van der Waals surface area contributed by atoms with Crippen LogP contribution in [0.15, 0.2) is 0 Å². The van der Waals surface area contributed by atoms with E-state index in [1.807, 2.05) is 27.7 Å². The molecule has 1 unspecified atom stereocenters. The van der Waals surface area contributed by atoms with Crippen LogP contribution in [0.2, 0.25) is 0 Å². The summed E-state index contributed by atoms with van der Waals surface area (Å²) in [5.74, 6) is -0.525. The van der Waals surface area contributed by atoms with Crippen molar-refractivity contribution >= 4 is 11.9 Å².